The molecule has 2 rings (SSSR count). The Kier molecular flexibility index (Phi) is 3.83. The van der Waals surface area contributed by atoms with E-state index in [4.69, 9.17) is 5.73 Å². The number of hydrogen-bond acceptors (Lipinski definition) is 1. The van der Waals surface area contributed by atoms with Gasteiger partial charge in [-0.05, 0) is 49.4 Å². The molecule has 0 bridgehead atoms. The minimum absolute atomic E-state index is 0.0759. The zero-order valence-corrected chi connectivity index (χ0v) is 11.4. The second-order valence-electron chi connectivity index (χ2n) is 5.14. The van der Waals surface area contributed by atoms with Crippen molar-refractivity contribution in [3.8, 4) is 0 Å². The zero-order chi connectivity index (χ0) is 13.1. The van der Waals surface area contributed by atoms with Gasteiger partial charge in [0.05, 0.1) is 0 Å². The summed E-state index contributed by atoms with van der Waals surface area (Å²) < 4.78 is 0. The fourth-order valence-corrected chi connectivity index (χ4v) is 2.09. The van der Waals surface area contributed by atoms with Crippen molar-refractivity contribution in [1.82, 2.24) is 0 Å². The Morgan fingerprint density at radius 2 is 1.56 bits per heavy atom. The van der Waals surface area contributed by atoms with Gasteiger partial charge in [-0.25, -0.2) is 0 Å². The molecule has 0 aliphatic rings. The second kappa shape index (κ2) is 5.36. The summed E-state index contributed by atoms with van der Waals surface area (Å²) in [6, 6.07) is 15.2. The lowest BCUT2D eigenvalue weighted by atomic mass is 9.96. The first-order valence-corrected chi connectivity index (χ1v) is 6.44. The summed E-state index contributed by atoms with van der Waals surface area (Å²) in [7, 11) is 0. The lowest BCUT2D eigenvalue weighted by Gasteiger charge is -2.14. The molecule has 0 fully saturated rings. The molecular weight excluding hydrogens is 218 g/mol. The second-order valence-corrected chi connectivity index (χ2v) is 5.14. The lowest BCUT2D eigenvalue weighted by Crippen LogP contribution is -2.13. The quantitative estimate of drug-likeness (QED) is 0.865. The standard InChI is InChI=1S/C17H21N/c1-12-4-7-15(8-5-12)11-17(18)16-9-6-13(2)14(3)10-16/h4-10,17H,11,18H2,1-3H3. The maximum Gasteiger partial charge on any atom is 0.0335 e. The van der Waals surface area contributed by atoms with Crippen LogP contribution >= 0.6 is 0 Å². The van der Waals surface area contributed by atoms with Crippen LogP contribution in [0.4, 0.5) is 0 Å². The Bertz CT molecular complexity index is 526. The first kappa shape index (κ1) is 12.8. The smallest absolute Gasteiger partial charge is 0.0335 e. The van der Waals surface area contributed by atoms with Gasteiger partial charge in [0, 0.05) is 6.04 Å². The van der Waals surface area contributed by atoms with Crippen molar-refractivity contribution in [1.29, 1.82) is 0 Å². The molecule has 0 aromatic heterocycles. The van der Waals surface area contributed by atoms with Gasteiger partial charge in [-0.3, -0.25) is 0 Å². The summed E-state index contributed by atoms with van der Waals surface area (Å²) in [5.74, 6) is 0. The third-order valence-electron chi connectivity index (χ3n) is 3.54. The predicted octanol–water partition coefficient (Wildman–Crippen LogP) is 3.85. The highest BCUT2D eigenvalue weighted by Crippen LogP contribution is 2.19. The fraction of sp³-hybridized carbons (Fsp3) is 0.294. The molecule has 2 aromatic rings. The van der Waals surface area contributed by atoms with Crippen LogP contribution in [0.1, 0.15) is 33.9 Å². The first-order valence-electron chi connectivity index (χ1n) is 6.44. The largest absolute Gasteiger partial charge is 0.324 e. The van der Waals surface area contributed by atoms with Crippen molar-refractivity contribution >= 4 is 0 Å². The van der Waals surface area contributed by atoms with E-state index in [1.165, 1.54) is 27.8 Å². The normalized spacial score (nSPS) is 12.4. The monoisotopic (exact) mass is 239 g/mol. The molecule has 1 nitrogen and oxygen atoms in total. The third-order valence-corrected chi connectivity index (χ3v) is 3.54. The zero-order valence-electron chi connectivity index (χ0n) is 11.4. The van der Waals surface area contributed by atoms with E-state index in [-0.39, 0.29) is 6.04 Å². The highest BCUT2D eigenvalue weighted by molar-refractivity contribution is 5.33. The molecule has 0 aliphatic heterocycles. The maximum absolute atomic E-state index is 6.28. The van der Waals surface area contributed by atoms with Crippen LogP contribution in [0.2, 0.25) is 0 Å². The molecule has 94 valence electrons. The molecule has 0 spiro atoms. The molecule has 0 saturated heterocycles. The van der Waals surface area contributed by atoms with Crippen molar-refractivity contribution < 1.29 is 0 Å². The molecular formula is C17H21N. The van der Waals surface area contributed by atoms with Gasteiger partial charge in [0.1, 0.15) is 0 Å². The Balaban J connectivity index is 2.13. The number of benzene rings is 2. The van der Waals surface area contributed by atoms with Gasteiger partial charge in [0.15, 0.2) is 0 Å². The van der Waals surface area contributed by atoms with E-state index in [9.17, 15) is 0 Å². The Labute approximate surface area is 110 Å². The fourth-order valence-electron chi connectivity index (χ4n) is 2.09. The predicted molar refractivity (Wildman–Crippen MR) is 77.7 cm³/mol. The maximum atomic E-state index is 6.28. The summed E-state index contributed by atoms with van der Waals surface area (Å²) >= 11 is 0. The summed E-state index contributed by atoms with van der Waals surface area (Å²) in [6.45, 7) is 6.37. The van der Waals surface area contributed by atoms with E-state index >= 15 is 0 Å². The van der Waals surface area contributed by atoms with E-state index in [2.05, 4.69) is 63.2 Å². The molecule has 0 heterocycles. The van der Waals surface area contributed by atoms with Crippen LogP contribution in [0.15, 0.2) is 42.5 Å². The molecule has 0 saturated carbocycles. The van der Waals surface area contributed by atoms with E-state index in [0.29, 0.717) is 0 Å². The molecule has 0 radical (unpaired) electrons. The lowest BCUT2D eigenvalue weighted by molar-refractivity contribution is 0.720. The van der Waals surface area contributed by atoms with Gasteiger partial charge < -0.3 is 5.73 Å². The summed E-state index contributed by atoms with van der Waals surface area (Å²) in [6.07, 6.45) is 0.892. The molecule has 1 heteroatoms. The minimum atomic E-state index is 0.0759. The summed E-state index contributed by atoms with van der Waals surface area (Å²) in [5, 5.41) is 0. The summed E-state index contributed by atoms with van der Waals surface area (Å²) in [4.78, 5) is 0. The minimum Gasteiger partial charge on any atom is -0.324 e. The van der Waals surface area contributed by atoms with Gasteiger partial charge >= 0.3 is 0 Å². The SMILES string of the molecule is Cc1ccc(CC(N)c2ccc(C)c(C)c2)cc1. The number of hydrogen-bond donors (Lipinski definition) is 1. The Morgan fingerprint density at radius 3 is 2.17 bits per heavy atom. The Morgan fingerprint density at radius 1 is 0.889 bits per heavy atom. The summed E-state index contributed by atoms with van der Waals surface area (Å²) in [5.41, 5.74) is 12.7. The molecule has 0 amide bonds. The average Bonchev–Trinajstić information content (AvgIpc) is 2.35. The highest BCUT2D eigenvalue weighted by atomic mass is 14.6. The highest BCUT2D eigenvalue weighted by Gasteiger charge is 2.07. The number of rotatable bonds is 3. The molecule has 1 unspecified atom stereocenters. The molecule has 2 N–H and O–H groups in total. The van der Waals surface area contributed by atoms with Crippen LogP contribution in [0.25, 0.3) is 0 Å². The molecule has 1 atom stereocenters. The van der Waals surface area contributed by atoms with Gasteiger partial charge in [0.25, 0.3) is 0 Å². The van der Waals surface area contributed by atoms with Crippen molar-refractivity contribution in [2.45, 2.75) is 33.2 Å². The van der Waals surface area contributed by atoms with Crippen LogP contribution in [0, 0.1) is 20.8 Å². The van der Waals surface area contributed by atoms with E-state index < -0.39 is 0 Å². The van der Waals surface area contributed by atoms with Crippen LogP contribution in [0.5, 0.6) is 0 Å². The van der Waals surface area contributed by atoms with Crippen molar-refractivity contribution in [2.75, 3.05) is 0 Å². The third kappa shape index (κ3) is 2.99. The topological polar surface area (TPSA) is 26.0 Å². The van der Waals surface area contributed by atoms with Gasteiger partial charge in [-0.1, -0.05) is 48.0 Å². The van der Waals surface area contributed by atoms with Crippen LogP contribution in [0.3, 0.4) is 0 Å². The Hall–Kier alpha value is -1.60. The van der Waals surface area contributed by atoms with E-state index in [0.717, 1.165) is 6.42 Å². The number of aryl methyl sites for hydroxylation is 3. The van der Waals surface area contributed by atoms with Crippen molar-refractivity contribution in [3.63, 3.8) is 0 Å². The van der Waals surface area contributed by atoms with Crippen LogP contribution in [-0.2, 0) is 6.42 Å². The molecule has 18 heavy (non-hydrogen) atoms. The molecule has 0 aliphatic carbocycles. The van der Waals surface area contributed by atoms with E-state index in [1.807, 2.05) is 0 Å². The average molecular weight is 239 g/mol. The van der Waals surface area contributed by atoms with Gasteiger partial charge in [0.2, 0.25) is 0 Å². The van der Waals surface area contributed by atoms with Crippen molar-refractivity contribution in [3.05, 3.63) is 70.3 Å². The molecule has 2 aromatic carbocycles. The van der Waals surface area contributed by atoms with Gasteiger partial charge in [-0.15, -0.1) is 0 Å². The van der Waals surface area contributed by atoms with Crippen LogP contribution < -0.4 is 5.73 Å². The van der Waals surface area contributed by atoms with E-state index in [1.54, 1.807) is 0 Å². The van der Waals surface area contributed by atoms with Crippen molar-refractivity contribution in [2.24, 2.45) is 5.73 Å². The van der Waals surface area contributed by atoms with Gasteiger partial charge in [-0.2, -0.15) is 0 Å². The number of nitrogens with two attached hydrogens (primary N) is 1. The van der Waals surface area contributed by atoms with Crippen LogP contribution in [-0.4, -0.2) is 0 Å². The first-order chi connectivity index (χ1) is 8.56.